The largest absolute Gasteiger partial charge is 0.481 e. The van der Waals surface area contributed by atoms with E-state index < -0.39 is 11.9 Å². The van der Waals surface area contributed by atoms with Gasteiger partial charge in [-0.25, -0.2) is 0 Å². The maximum atomic E-state index is 12.9. The third-order valence-corrected chi connectivity index (χ3v) is 5.71. The van der Waals surface area contributed by atoms with Crippen LogP contribution in [0.15, 0.2) is 30.3 Å². The van der Waals surface area contributed by atoms with Crippen LogP contribution in [0, 0.1) is 6.92 Å². The molecule has 2 heterocycles. The van der Waals surface area contributed by atoms with E-state index in [1.54, 1.807) is 4.90 Å². The molecule has 23 heavy (non-hydrogen) atoms. The van der Waals surface area contributed by atoms with Crippen molar-refractivity contribution in [2.75, 3.05) is 11.4 Å². The summed E-state index contributed by atoms with van der Waals surface area (Å²) in [4.78, 5) is 28.0. The first-order chi connectivity index (χ1) is 11.0. The smallest absolute Gasteiger partial charge is 0.311 e. The fourth-order valence-electron chi connectivity index (χ4n) is 3.14. The zero-order valence-corrected chi connectivity index (χ0v) is 14.0. The molecule has 0 bridgehead atoms. The third-order valence-electron chi connectivity index (χ3n) is 4.34. The Morgan fingerprint density at radius 3 is 2.74 bits per heavy atom. The van der Waals surface area contributed by atoms with Gasteiger partial charge >= 0.3 is 5.97 Å². The highest BCUT2D eigenvalue weighted by atomic mass is 32.1. The van der Waals surface area contributed by atoms with Gasteiger partial charge in [0.2, 0.25) is 0 Å². The van der Waals surface area contributed by atoms with E-state index in [9.17, 15) is 14.7 Å². The number of benzene rings is 1. The molecule has 0 saturated heterocycles. The topological polar surface area (TPSA) is 57.6 Å². The minimum absolute atomic E-state index is 0.0333. The second-order valence-corrected chi connectivity index (χ2v) is 6.90. The van der Waals surface area contributed by atoms with Gasteiger partial charge in [0, 0.05) is 17.1 Å². The fraction of sp³-hybridized carbons (Fsp3) is 0.333. The lowest BCUT2D eigenvalue weighted by Gasteiger charge is -2.32. The summed E-state index contributed by atoms with van der Waals surface area (Å²) in [6.07, 6.45) is 1.37. The molecular weight excluding hydrogens is 310 g/mol. The van der Waals surface area contributed by atoms with Crippen LogP contribution in [0.25, 0.3) is 0 Å². The van der Waals surface area contributed by atoms with Gasteiger partial charge in [-0.05, 0) is 43.0 Å². The number of aliphatic carboxylic acids is 1. The Balaban J connectivity index is 1.98. The summed E-state index contributed by atoms with van der Waals surface area (Å²) in [6, 6.07) is 9.26. The monoisotopic (exact) mass is 329 g/mol. The van der Waals surface area contributed by atoms with Gasteiger partial charge in [-0.2, -0.15) is 0 Å². The molecule has 1 atom stereocenters. The Kier molecular flexibility index (Phi) is 4.22. The number of thiophene rings is 1. The summed E-state index contributed by atoms with van der Waals surface area (Å²) in [5, 5.41) is 9.40. The molecule has 1 aromatic carbocycles. The second-order valence-electron chi connectivity index (χ2n) is 5.77. The predicted octanol–water partition coefficient (Wildman–Crippen LogP) is 3.84. The van der Waals surface area contributed by atoms with Gasteiger partial charge < -0.3 is 10.0 Å². The number of para-hydroxylation sites is 1. The Morgan fingerprint density at radius 2 is 2.09 bits per heavy atom. The van der Waals surface area contributed by atoms with E-state index in [2.05, 4.69) is 6.92 Å². The fourth-order valence-corrected chi connectivity index (χ4v) is 4.20. The van der Waals surface area contributed by atoms with Crippen molar-refractivity contribution < 1.29 is 14.7 Å². The van der Waals surface area contributed by atoms with Gasteiger partial charge in [0.05, 0.1) is 10.8 Å². The van der Waals surface area contributed by atoms with Crippen molar-refractivity contribution in [1.82, 2.24) is 0 Å². The molecular formula is C18H19NO3S. The van der Waals surface area contributed by atoms with Gasteiger partial charge in [-0.15, -0.1) is 11.3 Å². The highest BCUT2D eigenvalue weighted by Gasteiger charge is 2.33. The Morgan fingerprint density at radius 1 is 1.35 bits per heavy atom. The molecule has 0 spiro atoms. The lowest BCUT2D eigenvalue weighted by atomic mass is 9.90. The molecule has 5 heteroatoms. The van der Waals surface area contributed by atoms with Crippen LogP contribution in [-0.4, -0.2) is 23.5 Å². The van der Waals surface area contributed by atoms with Gasteiger partial charge in [-0.3, -0.25) is 9.59 Å². The van der Waals surface area contributed by atoms with Crippen LogP contribution in [0.3, 0.4) is 0 Å². The SMILES string of the molecule is CCc1sc(C(=O)N2CCC(C(=O)O)c3ccccc32)cc1C. The van der Waals surface area contributed by atoms with Crippen molar-refractivity contribution in [2.45, 2.75) is 32.6 Å². The number of carbonyl (C=O) groups excluding carboxylic acids is 1. The van der Waals surface area contributed by atoms with E-state index in [1.165, 1.54) is 16.2 Å². The van der Waals surface area contributed by atoms with E-state index in [0.717, 1.165) is 28.1 Å². The van der Waals surface area contributed by atoms with Gasteiger partial charge in [-0.1, -0.05) is 25.1 Å². The maximum absolute atomic E-state index is 12.9. The molecule has 120 valence electrons. The summed E-state index contributed by atoms with van der Waals surface area (Å²) in [5.41, 5.74) is 2.60. The summed E-state index contributed by atoms with van der Waals surface area (Å²) in [6.45, 7) is 4.54. The average Bonchev–Trinajstić information content (AvgIpc) is 2.94. The first-order valence-corrected chi connectivity index (χ1v) is 8.57. The zero-order valence-electron chi connectivity index (χ0n) is 13.2. The van der Waals surface area contributed by atoms with Crippen LogP contribution >= 0.6 is 11.3 Å². The molecule has 1 aliphatic heterocycles. The zero-order chi connectivity index (χ0) is 16.6. The number of hydrogen-bond acceptors (Lipinski definition) is 3. The molecule has 1 amide bonds. The number of anilines is 1. The molecule has 2 aromatic rings. The van der Waals surface area contributed by atoms with E-state index in [-0.39, 0.29) is 5.91 Å². The van der Waals surface area contributed by atoms with Crippen molar-refractivity contribution in [1.29, 1.82) is 0 Å². The first kappa shape index (κ1) is 15.7. The first-order valence-electron chi connectivity index (χ1n) is 7.75. The van der Waals surface area contributed by atoms with Crippen LogP contribution in [-0.2, 0) is 11.2 Å². The Labute approximate surface area is 139 Å². The second kappa shape index (κ2) is 6.16. The molecule has 0 aliphatic carbocycles. The summed E-state index contributed by atoms with van der Waals surface area (Å²) >= 11 is 1.54. The van der Waals surface area contributed by atoms with Crippen LogP contribution in [0.5, 0.6) is 0 Å². The van der Waals surface area contributed by atoms with E-state index in [0.29, 0.717) is 13.0 Å². The number of nitrogens with zero attached hydrogens (tertiary/aromatic N) is 1. The van der Waals surface area contributed by atoms with Crippen LogP contribution in [0.1, 0.15) is 44.9 Å². The lowest BCUT2D eigenvalue weighted by molar-refractivity contribution is -0.139. The molecule has 0 radical (unpaired) electrons. The van der Waals surface area contributed by atoms with Crippen molar-refractivity contribution >= 4 is 28.9 Å². The molecule has 0 saturated carbocycles. The van der Waals surface area contributed by atoms with Crippen LogP contribution in [0.2, 0.25) is 0 Å². The lowest BCUT2D eigenvalue weighted by Crippen LogP contribution is -2.37. The van der Waals surface area contributed by atoms with E-state index in [4.69, 9.17) is 0 Å². The normalized spacial score (nSPS) is 17.0. The number of aryl methyl sites for hydroxylation is 2. The standard InChI is InChI=1S/C18H19NO3S/c1-3-15-11(2)10-16(23-15)17(20)19-9-8-13(18(21)22)12-6-4-5-7-14(12)19/h4-7,10,13H,3,8-9H2,1-2H3,(H,21,22). The quantitative estimate of drug-likeness (QED) is 0.931. The van der Waals surface area contributed by atoms with Crippen molar-refractivity contribution in [3.05, 3.63) is 51.2 Å². The number of fused-ring (bicyclic) bond motifs is 1. The van der Waals surface area contributed by atoms with Crippen molar-refractivity contribution in [3.8, 4) is 0 Å². The van der Waals surface area contributed by atoms with Crippen LogP contribution < -0.4 is 4.90 Å². The van der Waals surface area contributed by atoms with Gasteiger partial charge in [0.25, 0.3) is 5.91 Å². The molecule has 1 aromatic heterocycles. The Hall–Kier alpha value is -2.14. The van der Waals surface area contributed by atoms with Crippen LogP contribution in [0.4, 0.5) is 5.69 Å². The summed E-state index contributed by atoms with van der Waals surface area (Å²) < 4.78 is 0. The summed E-state index contributed by atoms with van der Waals surface area (Å²) in [7, 11) is 0. The number of carboxylic acid groups (broad SMARTS) is 1. The Bertz CT molecular complexity index is 765. The number of amides is 1. The number of hydrogen-bond donors (Lipinski definition) is 1. The third kappa shape index (κ3) is 2.77. The minimum Gasteiger partial charge on any atom is -0.481 e. The van der Waals surface area contributed by atoms with Crippen molar-refractivity contribution in [3.63, 3.8) is 0 Å². The van der Waals surface area contributed by atoms with Gasteiger partial charge in [0.1, 0.15) is 0 Å². The minimum atomic E-state index is -0.829. The highest BCUT2D eigenvalue weighted by Crippen LogP contribution is 2.37. The van der Waals surface area contributed by atoms with E-state index in [1.807, 2.05) is 37.3 Å². The molecule has 4 nitrogen and oxygen atoms in total. The molecule has 1 aliphatic rings. The molecule has 3 rings (SSSR count). The number of carboxylic acids is 1. The summed E-state index contributed by atoms with van der Waals surface area (Å²) in [5.74, 6) is -1.40. The van der Waals surface area contributed by atoms with Crippen molar-refractivity contribution in [2.24, 2.45) is 0 Å². The molecule has 0 fully saturated rings. The highest BCUT2D eigenvalue weighted by molar-refractivity contribution is 7.14. The van der Waals surface area contributed by atoms with Gasteiger partial charge in [0.15, 0.2) is 0 Å². The predicted molar refractivity (Wildman–Crippen MR) is 91.5 cm³/mol. The number of rotatable bonds is 3. The van der Waals surface area contributed by atoms with E-state index >= 15 is 0 Å². The molecule has 1 N–H and O–H groups in total. The maximum Gasteiger partial charge on any atom is 0.311 e. The number of carbonyl (C=O) groups is 2. The molecule has 1 unspecified atom stereocenters. The average molecular weight is 329 g/mol.